The van der Waals surface area contributed by atoms with Gasteiger partial charge < -0.3 is 34.0 Å². The molecule has 2 aromatic carbocycles. The molecule has 13 nitrogen and oxygen atoms in total. The molecule has 68 heavy (non-hydrogen) atoms. The molecule has 17 heteroatoms. The van der Waals surface area contributed by atoms with Gasteiger partial charge in [-0.1, -0.05) is 51.7 Å². The Balaban J connectivity index is 0.000000224. The number of nitrogens with zero attached hydrogens (tertiary/aromatic N) is 6. The largest absolute Gasteiger partial charge is 0.444 e. The summed E-state index contributed by atoms with van der Waals surface area (Å²) in [5, 5.41) is 10.1. The fourth-order valence-electron chi connectivity index (χ4n) is 9.90. The Morgan fingerprint density at radius 1 is 0.721 bits per heavy atom. The Morgan fingerprint density at radius 3 is 1.71 bits per heavy atom. The first-order chi connectivity index (χ1) is 31.8. The Bertz CT molecular complexity index is 2230. The molecule has 7 rings (SSSR count). The van der Waals surface area contributed by atoms with Crippen LogP contribution in [-0.4, -0.2) is 115 Å². The molecule has 5 amide bonds. The van der Waals surface area contributed by atoms with Crippen LogP contribution in [0.25, 0.3) is 0 Å². The van der Waals surface area contributed by atoms with Crippen LogP contribution < -0.4 is 0 Å². The fourth-order valence-corrected chi connectivity index (χ4v) is 9.90. The van der Waals surface area contributed by atoms with Crippen molar-refractivity contribution in [1.82, 2.24) is 24.5 Å². The predicted molar refractivity (Wildman–Crippen MR) is 244 cm³/mol. The molecule has 0 atom stereocenters. The van der Waals surface area contributed by atoms with Crippen molar-refractivity contribution in [2.24, 2.45) is 17.8 Å². The lowest BCUT2D eigenvalue weighted by atomic mass is 9.80. The minimum atomic E-state index is -1.24. The van der Waals surface area contributed by atoms with Gasteiger partial charge in [-0.2, -0.15) is 5.26 Å². The standard InChI is InChI=1S/C26H35F2N3O3.C25H33F2N3O4/c1-18-5-7-19(8-6-18)10-12-23(32)31(14-20-9-11-21(27)22(28)13-20)26(15-29)16-30(17-26)24(33)34-25(2,3)4;1-16-5-8-18(9-6-16)29-13-21(31)30(12-17-7-10-19(26)20(27)11-17)25(22(29)32)14-28(15-25)23(33)34-24(2,3)4/h9,11,13,18-19H,5-8,10,12,14,16-17H2,1-4H3;7,10-11,16,18H,5-6,8-9,12-15H2,1-4H3. The summed E-state index contributed by atoms with van der Waals surface area (Å²) in [6.45, 7) is 14.9. The van der Waals surface area contributed by atoms with Gasteiger partial charge in [0, 0.05) is 25.6 Å². The molecule has 3 saturated heterocycles. The highest BCUT2D eigenvalue weighted by molar-refractivity contribution is 6.00. The summed E-state index contributed by atoms with van der Waals surface area (Å²) in [7, 11) is 0. The van der Waals surface area contributed by atoms with E-state index in [4.69, 9.17) is 9.47 Å². The van der Waals surface area contributed by atoms with Crippen LogP contribution in [0.4, 0.5) is 27.2 Å². The second-order valence-electron chi connectivity index (χ2n) is 21.8. The van der Waals surface area contributed by atoms with E-state index in [1.165, 1.54) is 31.7 Å². The van der Waals surface area contributed by atoms with Gasteiger partial charge in [0.1, 0.15) is 17.7 Å². The van der Waals surface area contributed by atoms with Crippen molar-refractivity contribution in [3.8, 4) is 6.07 Å². The molecule has 5 aliphatic rings. The van der Waals surface area contributed by atoms with Crippen molar-refractivity contribution in [2.75, 3.05) is 32.7 Å². The Morgan fingerprint density at radius 2 is 1.21 bits per heavy atom. The number of hydrogen-bond acceptors (Lipinski definition) is 8. The maximum absolute atomic E-state index is 13.9. The highest BCUT2D eigenvalue weighted by Crippen LogP contribution is 2.40. The van der Waals surface area contributed by atoms with Crippen molar-refractivity contribution < 1.29 is 51.0 Å². The second-order valence-corrected chi connectivity index (χ2v) is 21.8. The topological polar surface area (TPSA) is 144 Å². The van der Waals surface area contributed by atoms with E-state index in [1.54, 1.807) is 46.4 Å². The smallest absolute Gasteiger partial charge is 0.410 e. The molecular weight excluding hydrogens is 885 g/mol. The molecule has 5 fully saturated rings. The van der Waals surface area contributed by atoms with Crippen molar-refractivity contribution in [1.29, 1.82) is 5.26 Å². The van der Waals surface area contributed by atoms with E-state index in [0.29, 0.717) is 28.9 Å². The summed E-state index contributed by atoms with van der Waals surface area (Å²) >= 11 is 0. The molecular formula is C51H68F4N6O7. The number of carbonyl (C=O) groups excluding carboxylic acids is 5. The number of halogens is 4. The van der Waals surface area contributed by atoms with Crippen molar-refractivity contribution >= 4 is 29.9 Å². The second kappa shape index (κ2) is 20.7. The molecule has 0 N–H and O–H groups in total. The molecule has 0 unspecified atom stereocenters. The number of benzene rings is 2. The van der Waals surface area contributed by atoms with Gasteiger partial charge in [-0.25, -0.2) is 27.2 Å². The Labute approximate surface area is 398 Å². The molecule has 3 aliphatic heterocycles. The number of piperazine rings is 1. The third-order valence-electron chi connectivity index (χ3n) is 13.9. The van der Waals surface area contributed by atoms with Gasteiger partial charge in [0.15, 0.2) is 34.3 Å². The molecule has 1 spiro atoms. The molecule has 0 aromatic heterocycles. The van der Waals surface area contributed by atoms with E-state index in [9.17, 15) is 46.8 Å². The number of nitriles is 1. The molecule has 2 aromatic rings. The zero-order valence-corrected chi connectivity index (χ0v) is 40.8. The predicted octanol–water partition coefficient (Wildman–Crippen LogP) is 9.12. The minimum absolute atomic E-state index is 0.00870. The molecule has 2 aliphatic carbocycles. The summed E-state index contributed by atoms with van der Waals surface area (Å²) < 4.78 is 65.4. The highest BCUT2D eigenvalue weighted by atomic mass is 19.2. The van der Waals surface area contributed by atoms with Crippen LogP contribution in [0.15, 0.2) is 36.4 Å². The van der Waals surface area contributed by atoms with E-state index in [2.05, 4.69) is 19.9 Å². The quantitative estimate of drug-likeness (QED) is 0.227. The molecule has 2 saturated carbocycles. The monoisotopic (exact) mass is 953 g/mol. The zero-order chi connectivity index (χ0) is 49.9. The number of ether oxygens (including phenoxy) is 2. The van der Waals surface area contributed by atoms with E-state index in [1.807, 2.05) is 0 Å². The van der Waals surface area contributed by atoms with Crippen LogP contribution in [0, 0.1) is 52.4 Å². The van der Waals surface area contributed by atoms with Crippen LogP contribution in [0.5, 0.6) is 0 Å². The van der Waals surface area contributed by atoms with Gasteiger partial charge in [0.2, 0.25) is 11.8 Å². The molecule has 3 heterocycles. The summed E-state index contributed by atoms with van der Waals surface area (Å²) in [5.41, 5.74) is -3.07. The maximum atomic E-state index is 13.9. The average molecular weight is 953 g/mol. The van der Waals surface area contributed by atoms with Crippen LogP contribution in [0.3, 0.4) is 0 Å². The van der Waals surface area contributed by atoms with Gasteiger partial charge in [0.25, 0.3) is 5.91 Å². The molecule has 372 valence electrons. The van der Waals surface area contributed by atoms with Gasteiger partial charge in [0.05, 0.1) is 32.2 Å². The summed E-state index contributed by atoms with van der Waals surface area (Å²) in [6, 6.07) is 9.15. The lowest BCUT2D eigenvalue weighted by molar-refractivity contribution is -0.181. The summed E-state index contributed by atoms with van der Waals surface area (Å²) in [4.78, 5) is 73.0. The zero-order valence-electron chi connectivity index (χ0n) is 40.8. The molecule has 0 radical (unpaired) electrons. The number of amides is 5. The van der Waals surface area contributed by atoms with Crippen molar-refractivity contribution in [3.63, 3.8) is 0 Å². The fraction of sp³-hybridized carbons (Fsp3) is 0.647. The third-order valence-corrected chi connectivity index (χ3v) is 13.9. The number of carbonyl (C=O) groups is 5. The first kappa shape index (κ1) is 52.0. The summed E-state index contributed by atoms with van der Waals surface area (Å²) in [6.07, 6.45) is 8.09. The normalized spacial score (nSPS) is 23.4. The summed E-state index contributed by atoms with van der Waals surface area (Å²) in [5.74, 6) is -2.83. The van der Waals surface area contributed by atoms with Crippen LogP contribution in [-0.2, 0) is 36.9 Å². The first-order valence-electron chi connectivity index (χ1n) is 24.0. The van der Waals surface area contributed by atoms with E-state index in [-0.39, 0.29) is 76.0 Å². The van der Waals surface area contributed by atoms with Crippen molar-refractivity contribution in [2.45, 2.75) is 161 Å². The number of hydrogen-bond donors (Lipinski definition) is 0. The van der Waals surface area contributed by atoms with Crippen LogP contribution in [0.1, 0.15) is 131 Å². The number of likely N-dealkylation sites (tertiary alicyclic amines) is 2. The minimum Gasteiger partial charge on any atom is -0.444 e. The highest BCUT2D eigenvalue weighted by Gasteiger charge is 2.62. The van der Waals surface area contributed by atoms with Crippen LogP contribution >= 0.6 is 0 Å². The lowest BCUT2D eigenvalue weighted by Crippen LogP contribution is -2.81. The van der Waals surface area contributed by atoms with Gasteiger partial charge in [-0.3, -0.25) is 14.4 Å². The SMILES string of the molecule is CC1CCC(CCC(=O)N(Cc2ccc(F)c(F)c2)C2(C#N)CN(C(=O)OC(C)(C)C)C2)CC1.CC1CCC(N2CC(=O)N(Cc3ccc(F)c(F)c3)C3(CN(C(=O)OC(C)(C)C)C3)C2=O)CC1. The Kier molecular flexibility index (Phi) is 15.8. The van der Waals surface area contributed by atoms with E-state index >= 15 is 0 Å². The van der Waals surface area contributed by atoms with Gasteiger partial charge in [-0.05, 0) is 127 Å². The average Bonchev–Trinajstić information content (AvgIpc) is 3.22. The maximum Gasteiger partial charge on any atom is 0.410 e. The van der Waals surface area contributed by atoms with Crippen LogP contribution in [0.2, 0.25) is 0 Å². The van der Waals surface area contributed by atoms with Crippen molar-refractivity contribution in [3.05, 3.63) is 70.8 Å². The van der Waals surface area contributed by atoms with Gasteiger partial charge in [-0.15, -0.1) is 0 Å². The number of rotatable bonds is 9. The lowest BCUT2D eigenvalue weighted by Gasteiger charge is -2.58. The Hall–Kier alpha value is -5.40. The first-order valence-corrected chi connectivity index (χ1v) is 24.0. The molecule has 0 bridgehead atoms. The van der Waals surface area contributed by atoms with E-state index < -0.39 is 57.7 Å². The van der Waals surface area contributed by atoms with Gasteiger partial charge >= 0.3 is 12.2 Å². The third kappa shape index (κ3) is 12.2. The van der Waals surface area contributed by atoms with E-state index in [0.717, 1.165) is 82.1 Å².